The van der Waals surface area contributed by atoms with Crippen LogP contribution in [-0.2, 0) is 16.0 Å². The molecule has 0 bridgehead atoms. The van der Waals surface area contributed by atoms with E-state index in [2.05, 4.69) is 10.3 Å². The molecule has 0 aliphatic heterocycles. The van der Waals surface area contributed by atoms with Crippen LogP contribution >= 0.6 is 0 Å². The number of nitrogens with zero attached hydrogens (tertiary/aromatic N) is 1. The second-order valence-electron chi connectivity index (χ2n) is 10.2. The number of benzene rings is 4. The number of carbonyl (C=O) groups is 2. The molecule has 0 radical (unpaired) electrons. The minimum Gasteiger partial charge on any atom is -0.448 e. The Bertz CT molecular complexity index is 1720. The second kappa shape index (κ2) is 12.5. The van der Waals surface area contributed by atoms with Crippen LogP contribution in [-0.4, -0.2) is 31.6 Å². The molecule has 3 N–H and O–H groups in total. The Balaban J connectivity index is 1.34. The molecule has 7 nitrogen and oxygen atoms in total. The van der Waals surface area contributed by atoms with Gasteiger partial charge < -0.3 is 20.5 Å². The largest absolute Gasteiger partial charge is 0.448 e. The zero-order valence-corrected chi connectivity index (χ0v) is 24.0. The summed E-state index contributed by atoms with van der Waals surface area (Å²) < 4.78 is 38.7. The number of fused-ring (bicyclic) bond motifs is 2. The third-order valence-electron chi connectivity index (χ3n) is 7.59. The summed E-state index contributed by atoms with van der Waals surface area (Å²) in [7, 11) is 1.63. The number of hydrogen-bond acceptors (Lipinski definition) is 4. The number of nitrogens with two attached hydrogens (primary N) is 1. The Morgan fingerprint density at radius 2 is 1.56 bits per heavy atom. The van der Waals surface area contributed by atoms with Crippen molar-refractivity contribution in [3.05, 3.63) is 129 Å². The van der Waals surface area contributed by atoms with Gasteiger partial charge in [0.2, 0.25) is 0 Å². The Morgan fingerprint density at radius 1 is 0.884 bits per heavy atom. The van der Waals surface area contributed by atoms with E-state index in [9.17, 15) is 18.4 Å². The van der Waals surface area contributed by atoms with Crippen molar-refractivity contribution < 1.29 is 27.8 Å². The quantitative estimate of drug-likeness (QED) is 0.188. The van der Waals surface area contributed by atoms with Gasteiger partial charge in [0, 0.05) is 42.3 Å². The molecule has 4 aromatic carbocycles. The highest BCUT2D eigenvalue weighted by Crippen LogP contribution is 2.45. The molecule has 0 saturated carbocycles. The maximum atomic E-state index is 14.6. The van der Waals surface area contributed by atoms with Gasteiger partial charge in [-0.3, -0.25) is 4.79 Å². The number of methoxy groups -OCH3 is 1. The van der Waals surface area contributed by atoms with Gasteiger partial charge in [0.1, 0.15) is 23.6 Å². The Kier molecular flexibility index (Phi) is 8.63. The summed E-state index contributed by atoms with van der Waals surface area (Å²) in [6, 6.07) is 21.8. The van der Waals surface area contributed by atoms with Crippen LogP contribution in [0.4, 0.5) is 13.6 Å². The lowest BCUT2D eigenvalue weighted by Gasteiger charge is -2.32. The number of nitrogens with one attached hydrogen (secondary N) is 1. The van der Waals surface area contributed by atoms with Crippen molar-refractivity contribution in [2.45, 2.75) is 32.4 Å². The van der Waals surface area contributed by atoms with Crippen LogP contribution in [0.5, 0.6) is 0 Å². The number of aliphatic imine (C=N–C) groups is 1. The number of amidine groups is 1. The van der Waals surface area contributed by atoms with Crippen molar-refractivity contribution in [1.29, 1.82) is 0 Å². The number of hydrogen-bond donors (Lipinski definition) is 2. The van der Waals surface area contributed by atoms with Crippen LogP contribution in [0.25, 0.3) is 11.1 Å². The molecule has 5 rings (SSSR count). The monoisotopic (exact) mass is 583 g/mol. The Labute approximate surface area is 248 Å². The third kappa shape index (κ3) is 6.17. The molecule has 4 aromatic rings. The van der Waals surface area contributed by atoms with Crippen molar-refractivity contribution in [2.24, 2.45) is 10.7 Å². The highest BCUT2D eigenvalue weighted by atomic mass is 19.1. The summed E-state index contributed by atoms with van der Waals surface area (Å²) in [5.41, 5.74) is 12.5. The van der Waals surface area contributed by atoms with Crippen LogP contribution in [0.2, 0.25) is 0 Å². The predicted molar refractivity (Wildman–Crippen MR) is 160 cm³/mol. The zero-order chi connectivity index (χ0) is 30.7. The number of carbonyl (C=O) groups excluding carboxylic acids is 2. The summed E-state index contributed by atoms with van der Waals surface area (Å²) in [6.07, 6.45) is -1.11. The molecule has 220 valence electrons. The van der Waals surface area contributed by atoms with Crippen LogP contribution in [0.15, 0.2) is 83.9 Å². The lowest BCUT2D eigenvalue weighted by Crippen LogP contribution is -2.24. The van der Waals surface area contributed by atoms with E-state index in [1.807, 2.05) is 37.3 Å². The van der Waals surface area contributed by atoms with Gasteiger partial charge in [-0.15, -0.1) is 0 Å². The van der Waals surface area contributed by atoms with E-state index in [0.29, 0.717) is 22.3 Å². The zero-order valence-electron chi connectivity index (χ0n) is 24.0. The fourth-order valence-corrected chi connectivity index (χ4v) is 5.39. The molecule has 0 spiro atoms. The second-order valence-corrected chi connectivity index (χ2v) is 10.2. The van der Waals surface area contributed by atoms with Gasteiger partial charge in [0.15, 0.2) is 0 Å². The molecule has 0 heterocycles. The standard InChI is InChI=1S/C34H31F2N3O4/c1-4-43-34(41)39-32(37)21-7-5-20(6-8-21)18-38-33(40)23-10-13-27-29(16-23)19(2)28-15-22(9-12-26(28)31(27)42-3)25-14-11-24(35)17-30(25)36/h5-17,19,31H,4,18H2,1-3H3,(H,38,40)(H2,37,39,41)/t19-,31+/m1/s1. The topological polar surface area (TPSA) is 103 Å². The van der Waals surface area contributed by atoms with Crippen molar-refractivity contribution in [2.75, 3.05) is 13.7 Å². The number of ether oxygens (including phenoxy) is 2. The highest BCUT2D eigenvalue weighted by molar-refractivity contribution is 6.02. The first-order valence-electron chi connectivity index (χ1n) is 13.8. The molecular weight excluding hydrogens is 552 g/mol. The van der Waals surface area contributed by atoms with Gasteiger partial charge in [-0.2, -0.15) is 4.99 Å². The molecule has 1 aliphatic rings. The van der Waals surface area contributed by atoms with E-state index < -0.39 is 17.7 Å². The average molecular weight is 584 g/mol. The van der Waals surface area contributed by atoms with Gasteiger partial charge in [-0.1, -0.05) is 55.5 Å². The van der Waals surface area contributed by atoms with Crippen molar-refractivity contribution in [3.63, 3.8) is 0 Å². The molecule has 9 heteroatoms. The summed E-state index contributed by atoms with van der Waals surface area (Å²) in [5, 5.41) is 2.94. The predicted octanol–water partition coefficient (Wildman–Crippen LogP) is 6.62. The Hall–Kier alpha value is -4.89. The van der Waals surface area contributed by atoms with Gasteiger partial charge in [-0.05, 0) is 64.6 Å². The minimum atomic E-state index is -0.752. The van der Waals surface area contributed by atoms with Gasteiger partial charge in [-0.25, -0.2) is 13.6 Å². The fraction of sp³-hybridized carbons (Fsp3) is 0.206. The highest BCUT2D eigenvalue weighted by Gasteiger charge is 2.31. The molecule has 0 unspecified atom stereocenters. The van der Waals surface area contributed by atoms with Crippen LogP contribution in [0.3, 0.4) is 0 Å². The number of rotatable bonds is 7. The van der Waals surface area contributed by atoms with Crippen LogP contribution < -0.4 is 11.1 Å². The van der Waals surface area contributed by atoms with Gasteiger partial charge >= 0.3 is 6.09 Å². The molecule has 0 aromatic heterocycles. The summed E-state index contributed by atoms with van der Waals surface area (Å²) in [4.78, 5) is 28.4. The first kappa shape index (κ1) is 29.6. The maximum absolute atomic E-state index is 14.6. The van der Waals surface area contributed by atoms with Crippen LogP contribution in [0, 0.1) is 11.6 Å². The van der Waals surface area contributed by atoms with E-state index in [4.69, 9.17) is 15.2 Å². The average Bonchev–Trinajstić information content (AvgIpc) is 3.00. The number of amides is 2. The lowest BCUT2D eigenvalue weighted by atomic mass is 9.76. The minimum absolute atomic E-state index is 0.0445. The first-order valence-corrected chi connectivity index (χ1v) is 13.8. The van der Waals surface area contributed by atoms with E-state index in [1.165, 1.54) is 12.1 Å². The molecule has 0 saturated heterocycles. The fourth-order valence-electron chi connectivity index (χ4n) is 5.39. The SMILES string of the molecule is CCOC(=O)/N=C(/N)c1ccc(CNC(=O)c2ccc3c(c2)[C@H](C)c2cc(-c4ccc(F)cc4F)ccc2[C@@H]3OC)cc1. The Morgan fingerprint density at radius 3 is 2.23 bits per heavy atom. The van der Waals surface area contributed by atoms with Gasteiger partial charge in [0.05, 0.1) is 6.61 Å². The van der Waals surface area contributed by atoms with Crippen molar-refractivity contribution in [3.8, 4) is 11.1 Å². The van der Waals surface area contributed by atoms with E-state index in [1.54, 1.807) is 44.4 Å². The van der Waals surface area contributed by atoms with E-state index in [0.717, 1.165) is 33.9 Å². The summed E-state index contributed by atoms with van der Waals surface area (Å²) in [6.45, 7) is 4.20. The van der Waals surface area contributed by atoms with Crippen molar-refractivity contribution in [1.82, 2.24) is 5.32 Å². The van der Waals surface area contributed by atoms with Gasteiger partial charge in [0.25, 0.3) is 5.91 Å². The number of halogens is 2. The molecule has 1 aliphatic carbocycles. The normalized spacial score (nSPS) is 15.8. The third-order valence-corrected chi connectivity index (χ3v) is 7.59. The first-order chi connectivity index (χ1) is 20.7. The molecule has 2 atom stereocenters. The van der Waals surface area contributed by atoms with E-state index >= 15 is 0 Å². The molecular formula is C34H31F2N3O4. The lowest BCUT2D eigenvalue weighted by molar-refractivity contribution is 0.0950. The van der Waals surface area contributed by atoms with E-state index in [-0.39, 0.29) is 36.9 Å². The summed E-state index contributed by atoms with van der Waals surface area (Å²) in [5.74, 6) is -1.57. The maximum Gasteiger partial charge on any atom is 0.435 e. The summed E-state index contributed by atoms with van der Waals surface area (Å²) >= 11 is 0. The van der Waals surface area contributed by atoms with Crippen molar-refractivity contribution >= 4 is 17.8 Å². The molecule has 2 amide bonds. The van der Waals surface area contributed by atoms with Crippen LogP contribution in [0.1, 0.15) is 69.6 Å². The smallest absolute Gasteiger partial charge is 0.435 e. The molecule has 43 heavy (non-hydrogen) atoms. The molecule has 0 fully saturated rings.